The van der Waals surface area contributed by atoms with E-state index in [1.165, 1.54) is 30.6 Å². The molecular formula is C29H30F3N6O2S+. The van der Waals surface area contributed by atoms with Crippen LogP contribution >= 0.6 is 11.8 Å². The number of hydrazone groups is 1. The number of para-hydroxylation sites is 1. The summed E-state index contributed by atoms with van der Waals surface area (Å²) in [6.45, 7) is 4.51. The van der Waals surface area contributed by atoms with E-state index in [1.807, 2.05) is 63.4 Å². The van der Waals surface area contributed by atoms with Crippen molar-refractivity contribution < 1.29 is 27.7 Å². The van der Waals surface area contributed by atoms with Crippen molar-refractivity contribution in [3.05, 3.63) is 89.0 Å². The molecule has 214 valence electrons. The van der Waals surface area contributed by atoms with E-state index in [0.717, 1.165) is 27.9 Å². The summed E-state index contributed by atoms with van der Waals surface area (Å²) in [5.41, 5.74) is 11.2. The third-order valence-corrected chi connectivity index (χ3v) is 7.02. The van der Waals surface area contributed by atoms with Crippen molar-refractivity contribution >= 4 is 46.4 Å². The summed E-state index contributed by atoms with van der Waals surface area (Å²) in [5, 5.41) is 7.23. The number of carbonyl (C=O) groups is 1. The van der Waals surface area contributed by atoms with E-state index < -0.39 is 6.36 Å². The number of aryl methyl sites for hydroxylation is 2. The van der Waals surface area contributed by atoms with Crippen LogP contribution in [0.15, 0.2) is 76.8 Å². The van der Waals surface area contributed by atoms with Crippen molar-refractivity contribution in [3.8, 4) is 5.75 Å². The van der Waals surface area contributed by atoms with Gasteiger partial charge in [-0.3, -0.25) is 14.7 Å². The summed E-state index contributed by atoms with van der Waals surface area (Å²) in [6.07, 6.45) is -2.92. The zero-order chi connectivity index (χ0) is 29.6. The molecule has 0 radical (unpaired) electrons. The van der Waals surface area contributed by atoms with Gasteiger partial charge in [-0.2, -0.15) is 5.10 Å². The number of benzene rings is 3. The van der Waals surface area contributed by atoms with Crippen molar-refractivity contribution in [2.75, 3.05) is 17.7 Å². The Morgan fingerprint density at radius 1 is 1.10 bits per heavy atom. The van der Waals surface area contributed by atoms with E-state index in [0.29, 0.717) is 35.4 Å². The van der Waals surface area contributed by atoms with Gasteiger partial charge >= 0.3 is 6.36 Å². The highest BCUT2D eigenvalue weighted by Gasteiger charge is 2.31. The minimum atomic E-state index is -4.74. The number of rotatable bonds is 8. The third-order valence-electron chi connectivity index (χ3n) is 6.09. The lowest BCUT2D eigenvalue weighted by atomic mass is 10.1. The number of nitrogens with two attached hydrogens (primary N) is 1. The quantitative estimate of drug-likeness (QED) is 0.235. The smallest absolute Gasteiger partial charge is 0.406 e. The van der Waals surface area contributed by atoms with Crippen molar-refractivity contribution in [1.29, 1.82) is 0 Å². The van der Waals surface area contributed by atoms with Gasteiger partial charge in [0.1, 0.15) is 11.4 Å². The Balaban J connectivity index is 1.40. The molecule has 0 spiro atoms. The fourth-order valence-electron chi connectivity index (χ4n) is 4.19. The number of aliphatic imine (C=N–C) groups is 1. The second-order valence-corrected chi connectivity index (χ2v) is 10.4. The molecule has 0 bridgehead atoms. The number of hydrogen-bond donors (Lipinski definition) is 2. The molecule has 0 aliphatic carbocycles. The van der Waals surface area contributed by atoms with Crippen LogP contribution in [0.2, 0.25) is 0 Å². The molecule has 0 unspecified atom stereocenters. The molecule has 0 atom stereocenters. The first kappa shape index (κ1) is 29.7. The molecule has 4 rings (SSSR count). The molecule has 3 N–H and O–H groups in total. The summed E-state index contributed by atoms with van der Waals surface area (Å²) >= 11 is 1.56. The highest BCUT2D eigenvalue weighted by Crippen LogP contribution is 2.31. The lowest BCUT2D eigenvalue weighted by Gasteiger charge is -2.31. The van der Waals surface area contributed by atoms with Crippen molar-refractivity contribution in [2.24, 2.45) is 15.8 Å². The normalized spacial score (nSPS) is 15.6. The number of halogens is 3. The van der Waals surface area contributed by atoms with E-state index in [2.05, 4.69) is 14.7 Å². The van der Waals surface area contributed by atoms with E-state index in [9.17, 15) is 18.0 Å². The van der Waals surface area contributed by atoms with Crippen molar-refractivity contribution in [2.45, 2.75) is 33.2 Å². The molecule has 1 aliphatic rings. The fourth-order valence-corrected chi connectivity index (χ4v) is 5.17. The average Bonchev–Trinajstić information content (AvgIpc) is 2.90. The van der Waals surface area contributed by atoms with Crippen LogP contribution in [0.5, 0.6) is 5.75 Å². The topological polar surface area (TPSA) is 97.5 Å². The Labute approximate surface area is 240 Å². The molecule has 0 saturated carbocycles. The summed E-state index contributed by atoms with van der Waals surface area (Å²) in [4.78, 5) is 21.6. The number of ether oxygens (including phenoxy) is 1. The van der Waals surface area contributed by atoms with Crippen LogP contribution in [-0.4, -0.2) is 47.4 Å². The maximum absolute atomic E-state index is 12.9. The number of thioether (sulfide) groups is 1. The SMILES string of the molecule is Cc1cccc(C)c1N1C(=O)CCS/C1=N\N(C)Cc1ccc(C(N)=[NH+]C=Nc2ccc(OC(F)(F)F)cc2)cc1. The van der Waals surface area contributed by atoms with Crippen molar-refractivity contribution in [3.63, 3.8) is 0 Å². The number of hydrogen-bond acceptors (Lipinski definition) is 6. The number of nitrogen functional groups attached to an aromatic ring is 1. The highest BCUT2D eigenvalue weighted by atomic mass is 32.2. The van der Waals surface area contributed by atoms with E-state index in [-0.39, 0.29) is 11.7 Å². The molecule has 41 heavy (non-hydrogen) atoms. The van der Waals surface area contributed by atoms with Crippen LogP contribution in [0.1, 0.15) is 28.7 Å². The minimum absolute atomic E-state index is 0.0344. The lowest BCUT2D eigenvalue weighted by Crippen LogP contribution is -2.74. The first-order chi connectivity index (χ1) is 19.5. The molecule has 8 nitrogen and oxygen atoms in total. The van der Waals surface area contributed by atoms with Gasteiger partial charge in [0, 0.05) is 24.8 Å². The largest absolute Gasteiger partial charge is 0.573 e. The molecule has 1 saturated heterocycles. The number of nitrogens with one attached hydrogen (secondary N) is 1. The standard InChI is InChI=1S/C29H29F3N6O2S/c1-19-5-4-6-20(2)26(19)38-25(39)15-16-41-28(38)36-37(3)17-21-7-9-22(10-8-21)27(33)35-18-34-23-11-13-24(14-12-23)40-29(30,31)32/h4-14,18H,15-17H2,1-3H3,(H2,33,34,35)/p+1/b36-28-. The second kappa shape index (κ2) is 12.9. The summed E-state index contributed by atoms with van der Waals surface area (Å²) < 4.78 is 40.7. The number of nitrogens with zero attached hydrogens (tertiary/aromatic N) is 4. The van der Waals surface area contributed by atoms with Gasteiger partial charge in [-0.1, -0.05) is 42.1 Å². The van der Waals surface area contributed by atoms with Crippen LogP contribution < -0.4 is 20.4 Å². The maximum Gasteiger partial charge on any atom is 0.573 e. The summed E-state index contributed by atoms with van der Waals surface area (Å²) in [5.74, 6) is 0.752. The molecule has 3 aromatic rings. The van der Waals surface area contributed by atoms with E-state index >= 15 is 0 Å². The van der Waals surface area contributed by atoms with E-state index in [4.69, 9.17) is 10.8 Å². The van der Waals surface area contributed by atoms with Crippen LogP contribution in [-0.2, 0) is 11.3 Å². The molecule has 1 fully saturated rings. The molecule has 1 aliphatic heterocycles. The zero-order valence-electron chi connectivity index (χ0n) is 22.8. The average molecular weight is 584 g/mol. The highest BCUT2D eigenvalue weighted by molar-refractivity contribution is 8.14. The van der Waals surface area contributed by atoms with Crippen LogP contribution in [0.25, 0.3) is 0 Å². The van der Waals surface area contributed by atoms with Gasteiger partial charge in [-0.15, -0.1) is 18.2 Å². The summed E-state index contributed by atoms with van der Waals surface area (Å²) in [6, 6.07) is 18.7. The monoisotopic (exact) mass is 583 g/mol. The molecule has 1 heterocycles. The van der Waals surface area contributed by atoms with E-state index in [1.54, 1.807) is 21.7 Å². The number of amidine groups is 2. The van der Waals surface area contributed by atoms with Gasteiger partial charge in [0.25, 0.3) is 0 Å². The minimum Gasteiger partial charge on any atom is -0.406 e. The van der Waals surface area contributed by atoms with Gasteiger partial charge in [-0.05, 0) is 66.9 Å². The number of carbonyl (C=O) groups excluding carboxylic acids is 1. The van der Waals surface area contributed by atoms with Gasteiger partial charge in [-0.25, -0.2) is 4.99 Å². The molecule has 3 aromatic carbocycles. The number of amides is 1. The maximum atomic E-state index is 12.9. The van der Waals surface area contributed by atoms with Gasteiger partial charge in [0.05, 0.1) is 12.2 Å². The Morgan fingerprint density at radius 2 is 1.76 bits per heavy atom. The van der Waals surface area contributed by atoms with Crippen LogP contribution in [0.4, 0.5) is 24.5 Å². The number of alkyl halides is 3. The molecular weight excluding hydrogens is 553 g/mol. The van der Waals surface area contributed by atoms with Crippen LogP contribution in [0, 0.1) is 13.8 Å². The second-order valence-electron chi connectivity index (χ2n) is 9.32. The first-order valence-electron chi connectivity index (χ1n) is 12.7. The van der Waals surface area contributed by atoms with Crippen molar-refractivity contribution in [1.82, 2.24) is 5.01 Å². The van der Waals surface area contributed by atoms with Gasteiger partial charge in [0.2, 0.25) is 18.1 Å². The Hall–Kier alpha value is -4.32. The predicted octanol–water partition coefficient (Wildman–Crippen LogP) is 4.22. The Kier molecular flexibility index (Phi) is 9.33. The summed E-state index contributed by atoms with van der Waals surface area (Å²) in [7, 11) is 1.86. The molecule has 12 heteroatoms. The Morgan fingerprint density at radius 3 is 2.39 bits per heavy atom. The molecule has 1 amide bonds. The first-order valence-corrected chi connectivity index (χ1v) is 13.7. The Bertz CT molecular complexity index is 1450. The lowest BCUT2D eigenvalue weighted by molar-refractivity contribution is -0.303. The fraction of sp³-hybridized carbons (Fsp3) is 0.241. The molecule has 0 aromatic heterocycles. The van der Waals surface area contributed by atoms with Crippen LogP contribution in [0.3, 0.4) is 0 Å². The van der Waals surface area contributed by atoms with Gasteiger partial charge < -0.3 is 10.5 Å². The zero-order valence-corrected chi connectivity index (χ0v) is 23.6. The predicted molar refractivity (Wildman–Crippen MR) is 156 cm³/mol. The third kappa shape index (κ3) is 8.10. The number of anilines is 1. The van der Waals surface area contributed by atoms with Gasteiger partial charge in [0.15, 0.2) is 5.17 Å².